The van der Waals surface area contributed by atoms with Crippen molar-refractivity contribution in [2.24, 2.45) is 4.99 Å². The molecule has 0 saturated heterocycles. The molecular formula is C4H5ClN2O. The van der Waals surface area contributed by atoms with Crippen LogP contribution in [0.3, 0.4) is 0 Å². The largest absolute Gasteiger partial charge is 0.286 e. The maximum atomic E-state index is 8.68. The Kier molecular flexibility index (Phi) is 1.50. The van der Waals surface area contributed by atoms with Crippen LogP contribution in [0.2, 0.25) is 0 Å². The molecule has 1 heterocycles. The van der Waals surface area contributed by atoms with Gasteiger partial charge in [0, 0.05) is 12.4 Å². The lowest BCUT2D eigenvalue weighted by Crippen LogP contribution is -2.22. The number of hydroxylamine groups is 2. The lowest BCUT2D eigenvalue weighted by atomic mass is 10.6. The minimum absolute atomic E-state index is 0.653. The fraction of sp³-hybridized carbons (Fsp3) is 0.250. The van der Waals surface area contributed by atoms with Crippen molar-refractivity contribution in [2.45, 2.75) is 5.62 Å². The standard InChI is InChI=1S/C4H5ClN2O/c5-4-6-2-1-3-7(4)8/h1-4,8H. The molecule has 0 aromatic carbocycles. The summed E-state index contributed by atoms with van der Waals surface area (Å²) in [6.45, 7) is 0. The van der Waals surface area contributed by atoms with Crippen LogP contribution in [0.5, 0.6) is 0 Å². The van der Waals surface area contributed by atoms with Gasteiger partial charge in [-0.2, -0.15) is 0 Å². The Morgan fingerprint density at radius 3 is 2.88 bits per heavy atom. The van der Waals surface area contributed by atoms with Gasteiger partial charge in [0.05, 0.1) is 0 Å². The molecule has 0 aliphatic carbocycles. The Morgan fingerprint density at radius 2 is 2.50 bits per heavy atom. The van der Waals surface area contributed by atoms with Gasteiger partial charge in [0.15, 0.2) is 0 Å². The summed E-state index contributed by atoms with van der Waals surface area (Å²) in [6.07, 6.45) is 4.56. The van der Waals surface area contributed by atoms with Gasteiger partial charge >= 0.3 is 0 Å². The van der Waals surface area contributed by atoms with Gasteiger partial charge in [-0.25, -0.2) is 5.06 Å². The van der Waals surface area contributed by atoms with Crippen LogP contribution >= 0.6 is 11.6 Å². The average Bonchev–Trinajstić information content (AvgIpc) is 1.77. The number of rotatable bonds is 0. The van der Waals surface area contributed by atoms with E-state index < -0.39 is 5.62 Å². The smallest absolute Gasteiger partial charge is 0.219 e. The number of nitrogens with zero attached hydrogens (tertiary/aromatic N) is 2. The molecule has 44 valence electrons. The van der Waals surface area contributed by atoms with E-state index in [0.717, 1.165) is 5.06 Å². The Labute approximate surface area is 51.8 Å². The molecule has 0 aromatic rings. The molecule has 1 N–H and O–H groups in total. The van der Waals surface area contributed by atoms with Crippen LogP contribution in [0, 0.1) is 0 Å². The van der Waals surface area contributed by atoms with Crippen molar-refractivity contribution in [3.05, 3.63) is 12.3 Å². The van der Waals surface area contributed by atoms with E-state index >= 15 is 0 Å². The van der Waals surface area contributed by atoms with Crippen LogP contribution in [0.4, 0.5) is 0 Å². The van der Waals surface area contributed by atoms with E-state index in [2.05, 4.69) is 4.99 Å². The lowest BCUT2D eigenvalue weighted by molar-refractivity contribution is -0.0524. The molecule has 4 heteroatoms. The Balaban J connectivity index is 2.59. The first kappa shape index (κ1) is 5.59. The van der Waals surface area contributed by atoms with E-state index in [0.29, 0.717) is 0 Å². The van der Waals surface area contributed by atoms with Crippen molar-refractivity contribution < 1.29 is 5.21 Å². The van der Waals surface area contributed by atoms with Gasteiger partial charge in [-0.1, -0.05) is 11.6 Å². The number of alkyl halides is 1. The first-order valence-electron chi connectivity index (χ1n) is 2.12. The summed E-state index contributed by atoms with van der Waals surface area (Å²) in [5, 5.41) is 9.50. The normalized spacial score (nSPS) is 26.8. The van der Waals surface area contributed by atoms with E-state index in [4.69, 9.17) is 16.8 Å². The fourth-order valence-corrected chi connectivity index (χ4v) is 0.517. The molecule has 8 heavy (non-hydrogen) atoms. The highest BCUT2D eigenvalue weighted by molar-refractivity contribution is 6.20. The third-order valence-corrected chi connectivity index (χ3v) is 1.06. The second kappa shape index (κ2) is 2.15. The summed E-state index contributed by atoms with van der Waals surface area (Å²) >= 11 is 5.39. The van der Waals surface area contributed by atoms with Crippen LogP contribution in [0.1, 0.15) is 0 Å². The predicted molar refractivity (Wildman–Crippen MR) is 30.9 cm³/mol. The van der Waals surface area contributed by atoms with Crippen molar-refractivity contribution in [2.75, 3.05) is 0 Å². The second-order valence-corrected chi connectivity index (χ2v) is 1.72. The minimum atomic E-state index is -0.653. The van der Waals surface area contributed by atoms with Gasteiger partial charge in [-0.05, 0) is 6.08 Å². The molecule has 3 nitrogen and oxygen atoms in total. The summed E-state index contributed by atoms with van der Waals surface area (Å²) in [5.41, 5.74) is -0.653. The summed E-state index contributed by atoms with van der Waals surface area (Å²) in [6, 6.07) is 0. The Hall–Kier alpha value is -0.540. The minimum Gasteiger partial charge on any atom is -0.286 e. The van der Waals surface area contributed by atoms with Gasteiger partial charge in [0.25, 0.3) is 0 Å². The quantitative estimate of drug-likeness (QED) is 0.391. The van der Waals surface area contributed by atoms with E-state index in [1.807, 2.05) is 0 Å². The van der Waals surface area contributed by atoms with E-state index in [9.17, 15) is 0 Å². The number of halogens is 1. The van der Waals surface area contributed by atoms with Crippen LogP contribution in [-0.4, -0.2) is 22.1 Å². The number of allylic oxidation sites excluding steroid dienone is 1. The number of hydrogen-bond acceptors (Lipinski definition) is 3. The van der Waals surface area contributed by atoms with Crippen molar-refractivity contribution in [3.8, 4) is 0 Å². The lowest BCUT2D eigenvalue weighted by Gasteiger charge is -2.15. The molecule has 0 saturated carbocycles. The van der Waals surface area contributed by atoms with Crippen molar-refractivity contribution >= 4 is 17.8 Å². The van der Waals surface area contributed by atoms with Gasteiger partial charge in [-0.3, -0.25) is 10.2 Å². The maximum absolute atomic E-state index is 8.68. The Bertz CT molecular complexity index is 118. The summed E-state index contributed by atoms with van der Waals surface area (Å²) in [4.78, 5) is 3.64. The number of hydrogen-bond donors (Lipinski definition) is 1. The van der Waals surface area contributed by atoms with Crippen LogP contribution in [0.15, 0.2) is 17.3 Å². The third-order valence-electron chi connectivity index (χ3n) is 0.752. The molecule has 1 aliphatic heterocycles. The van der Waals surface area contributed by atoms with Crippen molar-refractivity contribution in [1.29, 1.82) is 0 Å². The highest BCUT2D eigenvalue weighted by atomic mass is 35.5. The van der Waals surface area contributed by atoms with Gasteiger partial charge < -0.3 is 0 Å². The zero-order valence-corrected chi connectivity index (χ0v) is 4.78. The van der Waals surface area contributed by atoms with Gasteiger partial charge in [0.1, 0.15) is 0 Å². The molecule has 1 aliphatic rings. The predicted octanol–water partition coefficient (Wildman–Crippen LogP) is 0.798. The first-order chi connectivity index (χ1) is 3.80. The van der Waals surface area contributed by atoms with Crippen molar-refractivity contribution in [1.82, 2.24) is 5.06 Å². The maximum Gasteiger partial charge on any atom is 0.219 e. The zero-order chi connectivity index (χ0) is 5.98. The molecule has 0 aromatic heterocycles. The summed E-state index contributed by atoms with van der Waals surface area (Å²) in [7, 11) is 0. The Morgan fingerprint density at radius 1 is 1.75 bits per heavy atom. The average molecular weight is 133 g/mol. The molecule has 1 rings (SSSR count). The van der Waals surface area contributed by atoms with E-state index in [-0.39, 0.29) is 0 Å². The van der Waals surface area contributed by atoms with Crippen LogP contribution in [-0.2, 0) is 0 Å². The molecule has 0 amide bonds. The molecule has 0 fully saturated rings. The molecule has 0 radical (unpaired) electrons. The second-order valence-electron chi connectivity index (χ2n) is 1.33. The number of aliphatic imine (C=N–C) groups is 1. The highest BCUT2D eigenvalue weighted by Gasteiger charge is 2.06. The summed E-state index contributed by atoms with van der Waals surface area (Å²) < 4.78 is 0. The molecule has 0 spiro atoms. The van der Waals surface area contributed by atoms with E-state index in [1.165, 1.54) is 12.4 Å². The summed E-state index contributed by atoms with van der Waals surface area (Å²) in [5.74, 6) is 0. The monoisotopic (exact) mass is 132 g/mol. The topological polar surface area (TPSA) is 35.8 Å². The van der Waals surface area contributed by atoms with E-state index in [1.54, 1.807) is 6.08 Å². The van der Waals surface area contributed by atoms with Gasteiger partial charge in [0.2, 0.25) is 5.62 Å². The molecular weight excluding hydrogens is 128 g/mol. The zero-order valence-electron chi connectivity index (χ0n) is 4.03. The highest BCUT2D eigenvalue weighted by Crippen LogP contribution is 2.05. The van der Waals surface area contributed by atoms with Gasteiger partial charge in [-0.15, -0.1) is 0 Å². The molecule has 0 bridgehead atoms. The van der Waals surface area contributed by atoms with Crippen LogP contribution in [0.25, 0.3) is 0 Å². The molecule has 1 atom stereocenters. The fourth-order valence-electron chi connectivity index (χ4n) is 0.387. The van der Waals surface area contributed by atoms with Crippen molar-refractivity contribution in [3.63, 3.8) is 0 Å². The third kappa shape index (κ3) is 0.993. The SMILES string of the molecule is ON1C=CC=NC1Cl. The first-order valence-corrected chi connectivity index (χ1v) is 2.55. The molecule has 1 unspecified atom stereocenters. The van der Waals surface area contributed by atoms with Crippen LogP contribution < -0.4 is 0 Å².